The van der Waals surface area contributed by atoms with Gasteiger partial charge in [-0.3, -0.25) is 5.32 Å². The van der Waals surface area contributed by atoms with E-state index in [0.717, 1.165) is 31.7 Å². The first-order valence-corrected chi connectivity index (χ1v) is 6.88. The van der Waals surface area contributed by atoms with Crippen molar-refractivity contribution in [3.05, 3.63) is 23.8 Å². The van der Waals surface area contributed by atoms with Gasteiger partial charge in [0.1, 0.15) is 6.04 Å². The van der Waals surface area contributed by atoms with Gasteiger partial charge in [-0.2, -0.15) is 5.26 Å². The Bertz CT molecular complexity index is 453. The van der Waals surface area contributed by atoms with Crippen LogP contribution in [0.15, 0.2) is 18.2 Å². The summed E-state index contributed by atoms with van der Waals surface area (Å²) in [7, 11) is 1.50. The lowest BCUT2D eigenvalue weighted by atomic mass is 10.1. The van der Waals surface area contributed by atoms with Gasteiger partial charge in [0.25, 0.3) is 0 Å². The number of likely N-dealkylation sites (N-methyl/N-ethyl adjacent to an activating group) is 1. The molecule has 20 heavy (non-hydrogen) atoms. The molecule has 1 unspecified atom stereocenters. The first kappa shape index (κ1) is 16.3. The molecule has 110 valence electrons. The van der Waals surface area contributed by atoms with Gasteiger partial charge in [-0.25, -0.2) is 0 Å². The summed E-state index contributed by atoms with van der Waals surface area (Å²) in [5, 5.41) is 22.2. The summed E-state index contributed by atoms with van der Waals surface area (Å²) in [6.07, 6.45) is 0. The standard InChI is InChI=1S/C15H23N3O2/c1-4-18(5-2)9-8-17-13(11-16)12-6-7-15(20-3)14(19)10-12/h6-7,10,13,17,19H,4-5,8-9H2,1-3H3. The van der Waals surface area contributed by atoms with Crippen LogP contribution < -0.4 is 10.1 Å². The Morgan fingerprint density at radius 3 is 2.60 bits per heavy atom. The third kappa shape index (κ3) is 4.41. The zero-order valence-electron chi connectivity index (χ0n) is 12.4. The van der Waals surface area contributed by atoms with Crippen LogP contribution in [0.25, 0.3) is 0 Å². The fourth-order valence-electron chi connectivity index (χ4n) is 2.03. The number of methoxy groups -OCH3 is 1. The van der Waals surface area contributed by atoms with Crippen molar-refractivity contribution in [2.24, 2.45) is 0 Å². The Morgan fingerprint density at radius 2 is 2.10 bits per heavy atom. The van der Waals surface area contributed by atoms with E-state index in [4.69, 9.17) is 4.74 Å². The van der Waals surface area contributed by atoms with Crippen molar-refractivity contribution >= 4 is 0 Å². The Kier molecular flexibility index (Phi) is 6.85. The fourth-order valence-corrected chi connectivity index (χ4v) is 2.03. The van der Waals surface area contributed by atoms with Gasteiger partial charge in [0.2, 0.25) is 0 Å². The Balaban J connectivity index is 2.63. The quantitative estimate of drug-likeness (QED) is 0.759. The molecule has 0 bridgehead atoms. The molecule has 1 rings (SSSR count). The van der Waals surface area contributed by atoms with E-state index in [-0.39, 0.29) is 5.75 Å². The summed E-state index contributed by atoms with van der Waals surface area (Å²) >= 11 is 0. The normalized spacial score (nSPS) is 12.2. The minimum Gasteiger partial charge on any atom is -0.504 e. The van der Waals surface area contributed by atoms with Crippen LogP contribution in [0.4, 0.5) is 0 Å². The first-order valence-electron chi connectivity index (χ1n) is 6.88. The van der Waals surface area contributed by atoms with E-state index in [9.17, 15) is 10.4 Å². The highest BCUT2D eigenvalue weighted by Gasteiger charge is 2.12. The molecule has 2 N–H and O–H groups in total. The highest BCUT2D eigenvalue weighted by Crippen LogP contribution is 2.28. The molecule has 1 atom stereocenters. The van der Waals surface area contributed by atoms with Crippen molar-refractivity contribution in [1.82, 2.24) is 10.2 Å². The highest BCUT2D eigenvalue weighted by molar-refractivity contribution is 5.43. The molecule has 0 aliphatic carbocycles. The van der Waals surface area contributed by atoms with Crippen molar-refractivity contribution in [3.8, 4) is 17.6 Å². The molecule has 0 heterocycles. The predicted molar refractivity (Wildman–Crippen MR) is 78.8 cm³/mol. The lowest BCUT2D eigenvalue weighted by molar-refractivity contribution is 0.300. The van der Waals surface area contributed by atoms with Crippen LogP contribution in [0.2, 0.25) is 0 Å². The van der Waals surface area contributed by atoms with E-state index in [0.29, 0.717) is 5.75 Å². The summed E-state index contributed by atoms with van der Waals surface area (Å²) in [5.74, 6) is 0.462. The predicted octanol–water partition coefficient (Wildman–Crippen LogP) is 1.90. The van der Waals surface area contributed by atoms with E-state index in [2.05, 4.69) is 30.1 Å². The molecule has 0 aliphatic heterocycles. The minimum absolute atomic E-state index is 0.0517. The molecule has 0 aromatic heterocycles. The van der Waals surface area contributed by atoms with Crippen molar-refractivity contribution in [2.75, 3.05) is 33.3 Å². The van der Waals surface area contributed by atoms with Gasteiger partial charge in [-0.05, 0) is 30.8 Å². The SMILES string of the molecule is CCN(CC)CCNC(C#N)c1ccc(OC)c(O)c1. The van der Waals surface area contributed by atoms with E-state index in [1.807, 2.05) is 0 Å². The lowest BCUT2D eigenvalue weighted by Crippen LogP contribution is -2.33. The molecule has 0 saturated carbocycles. The number of rotatable bonds is 8. The summed E-state index contributed by atoms with van der Waals surface area (Å²) in [6.45, 7) is 7.86. The van der Waals surface area contributed by atoms with E-state index >= 15 is 0 Å². The topological polar surface area (TPSA) is 68.5 Å². The van der Waals surface area contributed by atoms with Crippen molar-refractivity contribution in [3.63, 3.8) is 0 Å². The second-order valence-corrected chi connectivity index (χ2v) is 4.47. The van der Waals surface area contributed by atoms with Gasteiger partial charge < -0.3 is 14.7 Å². The van der Waals surface area contributed by atoms with E-state index < -0.39 is 6.04 Å². The average Bonchev–Trinajstić information content (AvgIpc) is 2.47. The summed E-state index contributed by atoms with van der Waals surface area (Å²) in [5.41, 5.74) is 0.741. The Labute approximate surface area is 120 Å². The van der Waals surface area contributed by atoms with Crippen LogP contribution in [0.1, 0.15) is 25.5 Å². The molecule has 0 amide bonds. The molecule has 1 aromatic carbocycles. The molecular weight excluding hydrogens is 254 g/mol. The number of ether oxygens (including phenoxy) is 1. The average molecular weight is 277 g/mol. The molecule has 5 heteroatoms. The number of aromatic hydroxyl groups is 1. The van der Waals surface area contributed by atoms with E-state index in [1.165, 1.54) is 7.11 Å². The monoisotopic (exact) mass is 277 g/mol. The van der Waals surface area contributed by atoms with Gasteiger partial charge in [-0.15, -0.1) is 0 Å². The van der Waals surface area contributed by atoms with Crippen LogP contribution in [0, 0.1) is 11.3 Å². The smallest absolute Gasteiger partial charge is 0.160 e. The number of benzene rings is 1. The van der Waals surface area contributed by atoms with Crippen molar-refractivity contribution < 1.29 is 9.84 Å². The fraction of sp³-hybridized carbons (Fsp3) is 0.533. The molecule has 0 fully saturated rings. The molecule has 1 aromatic rings. The molecule has 0 radical (unpaired) electrons. The molecule has 0 saturated heterocycles. The first-order chi connectivity index (χ1) is 9.65. The summed E-state index contributed by atoms with van der Waals surface area (Å²) in [4.78, 5) is 2.28. The van der Waals surface area contributed by atoms with Crippen LogP contribution in [0.5, 0.6) is 11.5 Å². The van der Waals surface area contributed by atoms with Crippen LogP contribution >= 0.6 is 0 Å². The number of hydrogen-bond acceptors (Lipinski definition) is 5. The molecule has 0 aliphatic rings. The third-order valence-electron chi connectivity index (χ3n) is 3.34. The Morgan fingerprint density at radius 1 is 1.40 bits per heavy atom. The van der Waals surface area contributed by atoms with E-state index in [1.54, 1.807) is 18.2 Å². The zero-order chi connectivity index (χ0) is 15.0. The van der Waals surface area contributed by atoms with Crippen LogP contribution in [-0.4, -0.2) is 43.3 Å². The minimum atomic E-state index is -0.428. The number of nitrogens with zero attached hydrogens (tertiary/aromatic N) is 2. The second-order valence-electron chi connectivity index (χ2n) is 4.47. The van der Waals surface area contributed by atoms with Crippen molar-refractivity contribution in [2.45, 2.75) is 19.9 Å². The van der Waals surface area contributed by atoms with Gasteiger partial charge in [0.05, 0.1) is 13.2 Å². The van der Waals surface area contributed by atoms with Gasteiger partial charge in [0, 0.05) is 13.1 Å². The zero-order valence-corrected chi connectivity index (χ0v) is 12.4. The van der Waals surface area contributed by atoms with Gasteiger partial charge in [0.15, 0.2) is 11.5 Å². The highest BCUT2D eigenvalue weighted by atomic mass is 16.5. The number of hydrogen-bond donors (Lipinski definition) is 2. The number of nitriles is 1. The Hall–Kier alpha value is -1.77. The van der Waals surface area contributed by atoms with Gasteiger partial charge in [-0.1, -0.05) is 19.9 Å². The van der Waals surface area contributed by atoms with Crippen LogP contribution in [0.3, 0.4) is 0 Å². The molecule has 0 spiro atoms. The number of phenols is 1. The largest absolute Gasteiger partial charge is 0.504 e. The number of phenolic OH excluding ortho intramolecular Hbond substituents is 1. The maximum Gasteiger partial charge on any atom is 0.160 e. The third-order valence-corrected chi connectivity index (χ3v) is 3.34. The number of nitrogens with one attached hydrogen (secondary N) is 1. The van der Waals surface area contributed by atoms with Crippen LogP contribution in [-0.2, 0) is 0 Å². The molecular formula is C15H23N3O2. The molecule has 5 nitrogen and oxygen atoms in total. The second kappa shape index (κ2) is 8.41. The summed E-state index contributed by atoms with van der Waals surface area (Å²) in [6, 6.07) is 6.81. The summed E-state index contributed by atoms with van der Waals surface area (Å²) < 4.78 is 5.00. The van der Waals surface area contributed by atoms with Gasteiger partial charge >= 0.3 is 0 Å². The van der Waals surface area contributed by atoms with Crippen molar-refractivity contribution in [1.29, 1.82) is 5.26 Å². The maximum absolute atomic E-state index is 9.76. The lowest BCUT2D eigenvalue weighted by Gasteiger charge is -2.19. The maximum atomic E-state index is 9.76.